The first kappa shape index (κ1) is 26.8. The Hall–Kier alpha value is -4.24. The second kappa shape index (κ2) is 13.3. The van der Waals surface area contributed by atoms with E-state index in [-0.39, 0.29) is 11.7 Å². The van der Waals surface area contributed by atoms with Crippen molar-refractivity contribution in [1.82, 2.24) is 29.7 Å². The van der Waals surface area contributed by atoms with E-state index in [1.807, 2.05) is 42.0 Å². The van der Waals surface area contributed by atoms with E-state index in [9.17, 15) is 4.39 Å². The summed E-state index contributed by atoms with van der Waals surface area (Å²) in [5.41, 5.74) is 3.66. The molecule has 0 aliphatic carbocycles. The van der Waals surface area contributed by atoms with E-state index < -0.39 is 0 Å². The van der Waals surface area contributed by atoms with Gasteiger partial charge >= 0.3 is 0 Å². The van der Waals surface area contributed by atoms with E-state index in [1.165, 1.54) is 12.1 Å². The molecule has 0 fully saturated rings. The van der Waals surface area contributed by atoms with Crippen molar-refractivity contribution in [3.05, 3.63) is 108 Å². The highest BCUT2D eigenvalue weighted by molar-refractivity contribution is 6.17. The molecule has 0 amide bonds. The third-order valence-corrected chi connectivity index (χ3v) is 5.94. The molecule has 0 aliphatic rings. The van der Waals surface area contributed by atoms with Gasteiger partial charge in [-0.25, -0.2) is 14.4 Å². The number of aromatic nitrogens is 6. The maximum absolute atomic E-state index is 13.4. The fraction of sp³-hybridized carbons (Fsp3) is 0.214. The lowest BCUT2D eigenvalue weighted by Crippen LogP contribution is -2.02. The summed E-state index contributed by atoms with van der Waals surface area (Å²) in [7, 11) is 1.64. The van der Waals surface area contributed by atoms with E-state index >= 15 is 0 Å². The van der Waals surface area contributed by atoms with E-state index in [1.54, 1.807) is 50.4 Å². The first-order valence-electron chi connectivity index (χ1n) is 12.0. The molecule has 0 bridgehead atoms. The molecule has 3 aromatic heterocycles. The summed E-state index contributed by atoms with van der Waals surface area (Å²) >= 11 is 5.89. The molecule has 0 aliphatic heterocycles. The van der Waals surface area contributed by atoms with Gasteiger partial charge in [-0.15, -0.1) is 21.8 Å². The largest absolute Gasteiger partial charge is 0.495 e. The number of ether oxygens (including phenoxy) is 1. The van der Waals surface area contributed by atoms with Crippen molar-refractivity contribution in [2.24, 2.45) is 0 Å². The molecule has 38 heavy (non-hydrogen) atoms. The van der Waals surface area contributed by atoms with Crippen LogP contribution in [0.1, 0.15) is 47.4 Å². The third kappa shape index (κ3) is 7.17. The average Bonchev–Trinajstić information content (AvgIpc) is 3.73. The van der Waals surface area contributed by atoms with Crippen LogP contribution in [0.4, 0.5) is 4.39 Å². The van der Waals surface area contributed by atoms with Crippen LogP contribution in [0, 0.1) is 12.7 Å². The number of H-pyrrole nitrogens is 1. The summed E-state index contributed by atoms with van der Waals surface area (Å²) in [6, 6.07) is 12.2. The molecule has 10 heteroatoms. The molecule has 3 heterocycles. The smallest absolute Gasteiger partial charge is 0.240 e. The Morgan fingerprint density at radius 1 is 1.16 bits per heavy atom. The fourth-order valence-electron chi connectivity index (χ4n) is 3.81. The summed E-state index contributed by atoms with van der Waals surface area (Å²) in [5.74, 6) is 1.68. The molecule has 5 aromatic rings. The third-order valence-electron chi connectivity index (χ3n) is 5.67. The predicted molar refractivity (Wildman–Crippen MR) is 145 cm³/mol. The van der Waals surface area contributed by atoms with E-state index in [4.69, 9.17) is 20.8 Å². The van der Waals surface area contributed by atoms with Gasteiger partial charge in [-0.05, 0) is 61.2 Å². The van der Waals surface area contributed by atoms with Crippen LogP contribution in [0.25, 0.3) is 17.8 Å². The quantitative estimate of drug-likeness (QED) is 0.219. The highest BCUT2D eigenvalue weighted by atomic mass is 35.5. The average molecular weight is 535 g/mol. The van der Waals surface area contributed by atoms with Gasteiger partial charge in [-0.2, -0.15) is 0 Å². The van der Waals surface area contributed by atoms with Gasteiger partial charge in [0.1, 0.15) is 11.6 Å². The predicted octanol–water partition coefficient (Wildman–Crippen LogP) is 6.44. The van der Waals surface area contributed by atoms with E-state index in [0.717, 1.165) is 41.1 Å². The fourth-order valence-corrected chi connectivity index (χ4v) is 3.96. The van der Waals surface area contributed by atoms with Crippen molar-refractivity contribution >= 4 is 23.8 Å². The number of rotatable bonds is 9. The highest BCUT2D eigenvalue weighted by Crippen LogP contribution is 2.30. The number of alkyl halides is 1. The first-order valence-corrected chi connectivity index (χ1v) is 12.6. The van der Waals surface area contributed by atoms with Gasteiger partial charge in [0.05, 0.1) is 37.1 Å². The number of nitrogens with one attached hydrogen (secondary N) is 1. The molecule has 0 saturated carbocycles. The Kier molecular flexibility index (Phi) is 9.42. The van der Waals surface area contributed by atoms with Crippen LogP contribution in [0.5, 0.6) is 5.75 Å². The van der Waals surface area contributed by atoms with E-state index in [2.05, 4.69) is 25.1 Å². The monoisotopic (exact) mass is 534 g/mol. The molecule has 2 aromatic carbocycles. The summed E-state index contributed by atoms with van der Waals surface area (Å²) < 4.78 is 26.7. The van der Waals surface area contributed by atoms with Gasteiger partial charge in [0, 0.05) is 30.5 Å². The van der Waals surface area contributed by atoms with Gasteiger partial charge in [0.25, 0.3) is 0 Å². The molecule has 196 valence electrons. The zero-order chi connectivity index (χ0) is 26.7. The van der Waals surface area contributed by atoms with Crippen molar-refractivity contribution < 1.29 is 13.5 Å². The highest BCUT2D eigenvalue weighted by Gasteiger charge is 2.20. The number of hydrogen-bond donors (Lipinski definition) is 1. The van der Waals surface area contributed by atoms with Crippen LogP contribution < -0.4 is 4.74 Å². The lowest BCUT2D eigenvalue weighted by molar-refractivity contribution is 0.413. The Balaban J connectivity index is 0.000000603. The molecule has 8 nitrogen and oxygen atoms in total. The molecule has 5 rings (SSSR count). The number of nitrogens with zero attached hydrogens (tertiary/aromatic N) is 5. The van der Waals surface area contributed by atoms with Crippen LogP contribution in [0.3, 0.4) is 0 Å². The summed E-state index contributed by atoms with van der Waals surface area (Å²) in [4.78, 5) is 10.7. The number of aromatic amines is 1. The minimum absolute atomic E-state index is 0.142. The zero-order valence-corrected chi connectivity index (χ0v) is 21.8. The van der Waals surface area contributed by atoms with Crippen molar-refractivity contribution in [3.8, 4) is 11.4 Å². The van der Waals surface area contributed by atoms with Crippen molar-refractivity contribution in [2.75, 3.05) is 13.0 Å². The van der Waals surface area contributed by atoms with Gasteiger partial charge in [0.15, 0.2) is 0 Å². The van der Waals surface area contributed by atoms with Crippen LogP contribution in [-0.2, 0) is 0 Å². The van der Waals surface area contributed by atoms with Crippen LogP contribution >= 0.6 is 11.6 Å². The van der Waals surface area contributed by atoms with Crippen LogP contribution in [0.2, 0.25) is 0 Å². The van der Waals surface area contributed by atoms with Gasteiger partial charge in [0.2, 0.25) is 11.8 Å². The number of aryl methyl sites for hydroxylation is 1. The Morgan fingerprint density at radius 2 is 2.00 bits per heavy atom. The molecule has 0 saturated heterocycles. The number of hydrogen-bond acceptors (Lipinski definition) is 6. The van der Waals surface area contributed by atoms with Crippen molar-refractivity contribution in [2.45, 2.75) is 25.7 Å². The second-order valence-electron chi connectivity index (χ2n) is 8.36. The normalized spacial score (nSPS) is 11.8. The molecule has 0 spiro atoms. The SMILES string of the molecule is COc1cc(C=Cc2nnc(C(CCCCl)c3ccc(F)cc3)o2)ccc1-n1cnc(C)c1.c1c[nH]cn1. The first-order chi connectivity index (χ1) is 18.6. The molecule has 1 atom stereocenters. The van der Waals surface area contributed by atoms with Gasteiger partial charge in [-0.1, -0.05) is 18.2 Å². The van der Waals surface area contributed by atoms with Gasteiger partial charge < -0.3 is 18.7 Å². The number of methoxy groups -OCH3 is 1. The minimum Gasteiger partial charge on any atom is -0.495 e. The Labute approximate surface area is 225 Å². The van der Waals surface area contributed by atoms with E-state index in [0.29, 0.717) is 17.7 Å². The number of imidazole rings is 2. The molecule has 0 radical (unpaired) electrons. The molecular formula is C28H28ClFN6O2. The maximum atomic E-state index is 13.4. The molecule has 1 unspecified atom stereocenters. The Bertz CT molecular complexity index is 1410. The summed E-state index contributed by atoms with van der Waals surface area (Å²) in [6.07, 6.45) is 13.9. The van der Waals surface area contributed by atoms with Crippen LogP contribution in [-0.4, -0.2) is 42.7 Å². The van der Waals surface area contributed by atoms with Crippen molar-refractivity contribution in [3.63, 3.8) is 0 Å². The number of benzene rings is 2. The summed E-state index contributed by atoms with van der Waals surface area (Å²) in [5, 5.41) is 8.39. The lowest BCUT2D eigenvalue weighted by atomic mass is 9.94. The molecule has 1 N–H and O–H groups in total. The van der Waals surface area contributed by atoms with Gasteiger partial charge in [-0.3, -0.25) is 0 Å². The maximum Gasteiger partial charge on any atom is 0.240 e. The zero-order valence-electron chi connectivity index (χ0n) is 21.1. The summed E-state index contributed by atoms with van der Waals surface area (Å²) in [6.45, 7) is 1.94. The second-order valence-corrected chi connectivity index (χ2v) is 8.74. The van der Waals surface area contributed by atoms with Crippen LogP contribution in [0.15, 0.2) is 78.1 Å². The topological polar surface area (TPSA) is 94.6 Å². The lowest BCUT2D eigenvalue weighted by Gasteiger charge is -2.12. The van der Waals surface area contributed by atoms with Crippen molar-refractivity contribution in [1.29, 1.82) is 0 Å². The standard InChI is InChI=1S/C25H24ClFN4O2.C3H4N2/c1-17-15-31(16-28-17)22-11-5-18(14-23(22)32-2)6-12-24-29-30-25(33-24)21(4-3-13-26)19-7-9-20(27)10-8-19;1-2-5-3-4-1/h5-12,14-16,21H,3-4,13H2,1-2H3;1-3H,(H,4,5). The Morgan fingerprint density at radius 3 is 2.63 bits per heavy atom. The molecular weight excluding hydrogens is 507 g/mol. The number of halogens is 2. The minimum atomic E-state index is -0.284.